The fourth-order valence-electron chi connectivity index (χ4n) is 6.75. The van der Waals surface area contributed by atoms with Crippen LogP contribution >= 0.6 is 0 Å². The molecular weight excluding hydrogens is 568 g/mol. The van der Waals surface area contributed by atoms with E-state index in [1.807, 2.05) is 18.2 Å². The van der Waals surface area contributed by atoms with Crippen molar-refractivity contribution in [3.8, 4) is 46.0 Å². The van der Waals surface area contributed by atoms with E-state index >= 15 is 0 Å². The standard InChI is InChI=1S/C37H38N2O6/c1-39-15-13-24-19-31(41-3)33-21-27(24)29(39)17-23-8-11-30(40-2)32(18-23)44-26-9-6-22(7-10-26)16-28-35-25(12-14-38-28)20-34(42-4)36(43-5)37(35)45-33/h6-11,18-21,29H,12-17H2,1-5H3/t29-/m1/s1. The van der Waals surface area contributed by atoms with E-state index in [1.165, 1.54) is 11.1 Å². The fourth-order valence-corrected chi connectivity index (χ4v) is 6.75. The minimum absolute atomic E-state index is 0.111. The van der Waals surface area contributed by atoms with Crippen LogP contribution in [0.1, 0.15) is 39.4 Å². The average Bonchev–Trinajstić information content (AvgIpc) is 3.06. The molecule has 0 unspecified atom stereocenters. The second kappa shape index (κ2) is 12.0. The van der Waals surface area contributed by atoms with Gasteiger partial charge in [-0.3, -0.25) is 9.89 Å². The molecule has 1 atom stereocenters. The maximum atomic E-state index is 6.92. The molecule has 232 valence electrons. The molecule has 8 nitrogen and oxygen atoms in total. The number of aliphatic imine (C=N–C) groups is 1. The number of hydrogen-bond donors (Lipinski definition) is 0. The van der Waals surface area contributed by atoms with Gasteiger partial charge in [-0.15, -0.1) is 0 Å². The fraction of sp³-hybridized carbons (Fsp3) is 0.324. The normalized spacial score (nSPS) is 17.1. The lowest BCUT2D eigenvalue weighted by atomic mass is 9.88. The Morgan fingerprint density at radius 3 is 2.22 bits per heavy atom. The van der Waals surface area contributed by atoms with Crippen LogP contribution in [-0.2, 0) is 25.7 Å². The van der Waals surface area contributed by atoms with Crippen molar-refractivity contribution >= 4 is 5.71 Å². The van der Waals surface area contributed by atoms with Crippen molar-refractivity contribution in [2.75, 3.05) is 48.6 Å². The zero-order valence-electron chi connectivity index (χ0n) is 26.4. The molecule has 4 aromatic carbocycles. The van der Waals surface area contributed by atoms with Crippen LogP contribution in [0.25, 0.3) is 0 Å². The van der Waals surface area contributed by atoms with Gasteiger partial charge in [-0.05, 0) is 96.6 Å². The van der Waals surface area contributed by atoms with E-state index in [4.69, 9.17) is 33.4 Å². The molecule has 6 bridgehead atoms. The molecule has 4 heterocycles. The number of benzene rings is 4. The van der Waals surface area contributed by atoms with Crippen LogP contribution in [0.2, 0.25) is 0 Å². The van der Waals surface area contributed by atoms with Crippen LogP contribution in [0.5, 0.6) is 46.0 Å². The molecule has 4 aromatic rings. The first-order valence-electron chi connectivity index (χ1n) is 15.3. The lowest BCUT2D eigenvalue weighted by Gasteiger charge is -2.35. The summed E-state index contributed by atoms with van der Waals surface area (Å²) >= 11 is 0. The molecule has 8 heteroatoms. The third kappa shape index (κ3) is 5.33. The van der Waals surface area contributed by atoms with Crippen LogP contribution in [0.15, 0.2) is 65.7 Å². The van der Waals surface area contributed by atoms with Gasteiger partial charge in [0.25, 0.3) is 0 Å². The SMILES string of the molecule is COc1ccc2cc1Oc1ccc(cc1)CC1=NCCc3cc(OC)c(OC)c(c31)Oc1cc3c(cc1OC)CCN(C)[C@@H]3C2. The van der Waals surface area contributed by atoms with Gasteiger partial charge in [-0.2, -0.15) is 0 Å². The second-order valence-electron chi connectivity index (χ2n) is 11.7. The number of hydrogen-bond acceptors (Lipinski definition) is 8. The summed E-state index contributed by atoms with van der Waals surface area (Å²) in [4.78, 5) is 7.41. The first-order chi connectivity index (χ1) is 22.0. The van der Waals surface area contributed by atoms with Crippen molar-refractivity contribution in [3.63, 3.8) is 0 Å². The first-order valence-corrected chi connectivity index (χ1v) is 15.3. The van der Waals surface area contributed by atoms with Crippen molar-refractivity contribution in [1.29, 1.82) is 0 Å². The van der Waals surface area contributed by atoms with Crippen LogP contribution in [0.4, 0.5) is 0 Å². The van der Waals surface area contributed by atoms with Gasteiger partial charge in [0.15, 0.2) is 34.5 Å². The van der Waals surface area contributed by atoms with Crippen LogP contribution in [-0.4, -0.2) is 59.2 Å². The van der Waals surface area contributed by atoms with Gasteiger partial charge in [0.2, 0.25) is 5.75 Å². The zero-order chi connectivity index (χ0) is 31.1. The molecule has 0 radical (unpaired) electrons. The number of ether oxygens (including phenoxy) is 6. The Morgan fingerprint density at radius 2 is 1.47 bits per heavy atom. The Morgan fingerprint density at radius 1 is 0.733 bits per heavy atom. The molecule has 8 rings (SSSR count). The summed E-state index contributed by atoms with van der Waals surface area (Å²) < 4.78 is 36.7. The highest BCUT2D eigenvalue weighted by molar-refractivity contribution is 6.07. The zero-order valence-corrected chi connectivity index (χ0v) is 26.4. The molecule has 0 saturated carbocycles. The Hall–Kier alpha value is -4.69. The molecule has 0 aromatic heterocycles. The van der Waals surface area contributed by atoms with Crippen LogP contribution in [0, 0.1) is 0 Å². The van der Waals surface area contributed by atoms with E-state index in [9.17, 15) is 0 Å². The summed E-state index contributed by atoms with van der Waals surface area (Å²) in [6.07, 6.45) is 3.09. The van der Waals surface area contributed by atoms with Gasteiger partial charge in [-0.25, -0.2) is 0 Å². The van der Waals surface area contributed by atoms with E-state index in [2.05, 4.69) is 54.4 Å². The summed E-state index contributed by atoms with van der Waals surface area (Å²) in [6.45, 7) is 1.62. The summed E-state index contributed by atoms with van der Waals surface area (Å²) in [6, 6.07) is 20.8. The number of likely N-dealkylation sites (N-methyl/N-ethyl adjacent to an activating group) is 1. The van der Waals surface area contributed by atoms with E-state index in [0.29, 0.717) is 53.2 Å². The smallest absolute Gasteiger partial charge is 0.204 e. The Labute approximate surface area is 264 Å². The van der Waals surface area contributed by atoms with Gasteiger partial charge in [0.1, 0.15) is 5.75 Å². The number of fused-ring (bicyclic) bond motifs is 2. The highest BCUT2D eigenvalue weighted by atomic mass is 16.5. The van der Waals surface area contributed by atoms with Gasteiger partial charge >= 0.3 is 0 Å². The summed E-state index contributed by atoms with van der Waals surface area (Å²) in [5.74, 6) is 5.18. The molecule has 0 fully saturated rings. The molecule has 4 aliphatic rings. The van der Waals surface area contributed by atoms with Gasteiger partial charge in [0, 0.05) is 31.1 Å². The van der Waals surface area contributed by atoms with E-state index in [0.717, 1.165) is 59.5 Å². The number of nitrogens with zero attached hydrogens (tertiary/aromatic N) is 2. The van der Waals surface area contributed by atoms with Gasteiger partial charge in [0.05, 0.1) is 34.2 Å². The van der Waals surface area contributed by atoms with Crippen molar-refractivity contribution in [2.45, 2.75) is 31.7 Å². The Balaban J connectivity index is 1.45. The number of methoxy groups -OCH3 is 4. The van der Waals surface area contributed by atoms with Crippen molar-refractivity contribution in [1.82, 2.24) is 4.90 Å². The predicted molar refractivity (Wildman–Crippen MR) is 174 cm³/mol. The van der Waals surface area contributed by atoms with Crippen molar-refractivity contribution in [3.05, 3.63) is 94.0 Å². The second-order valence-corrected chi connectivity index (χ2v) is 11.7. The molecule has 0 saturated heterocycles. The first kappa shape index (κ1) is 29.0. The Bertz CT molecular complexity index is 1780. The van der Waals surface area contributed by atoms with Gasteiger partial charge < -0.3 is 28.4 Å². The predicted octanol–water partition coefficient (Wildman–Crippen LogP) is 6.98. The summed E-state index contributed by atoms with van der Waals surface area (Å²) in [5, 5.41) is 0. The highest BCUT2D eigenvalue weighted by Crippen LogP contribution is 2.49. The van der Waals surface area contributed by atoms with Gasteiger partial charge in [-0.1, -0.05) is 18.2 Å². The molecular formula is C37H38N2O6. The summed E-state index contributed by atoms with van der Waals surface area (Å²) in [5.41, 5.74) is 7.70. The molecule has 0 aliphatic carbocycles. The van der Waals surface area contributed by atoms with E-state index < -0.39 is 0 Å². The maximum absolute atomic E-state index is 6.92. The van der Waals surface area contributed by atoms with E-state index in [-0.39, 0.29) is 6.04 Å². The van der Waals surface area contributed by atoms with Crippen LogP contribution < -0.4 is 28.4 Å². The monoisotopic (exact) mass is 606 g/mol. The Kier molecular flexibility index (Phi) is 7.75. The highest BCUT2D eigenvalue weighted by Gasteiger charge is 2.31. The molecule has 4 aliphatic heterocycles. The van der Waals surface area contributed by atoms with Crippen molar-refractivity contribution in [2.24, 2.45) is 4.99 Å². The van der Waals surface area contributed by atoms with Crippen molar-refractivity contribution < 1.29 is 28.4 Å². The minimum atomic E-state index is 0.111. The van der Waals surface area contributed by atoms with E-state index in [1.54, 1.807) is 28.4 Å². The molecule has 0 spiro atoms. The largest absolute Gasteiger partial charge is 0.493 e. The van der Waals surface area contributed by atoms with Crippen LogP contribution in [0.3, 0.4) is 0 Å². The lowest BCUT2D eigenvalue weighted by Crippen LogP contribution is -2.33. The third-order valence-corrected chi connectivity index (χ3v) is 9.12. The topological polar surface area (TPSA) is 71.0 Å². The molecule has 0 N–H and O–H groups in total. The quantitative estimate of drug-likeness (QED) is 0.248. The average molecular weight is 607 g/mol. The maximum Gasteiger partial charge on any atom is 0.204 e. The summed E-state index contributed by atoms with van der Waals surface area (Å²) in [7, 11) is 8.84. The number of rotatable bonds is 4. The molecule has 45 heavy (non-hydrogen) atoms. The lowest BCUT2D eigenvalue weighted by molar-refractivity contribution is 0.228. The molecule has 0 amide bonds. The minimum Gasteiger partial charge on any atom is -0.493 e. The third-order valence-electron chi connectivity index (χ3n) is 9.12.